The molecule has 1 aromatic heterocycles. The molecule has 6 nitrogen and oxygen atoms in total. The van der Waals surface area contributed by atoms with Gasteiger partial charge in [-0.15, -0.1) is 0 Å². The summed E-state index contributed by atoms with van der Waals surface area (Å²) in [6, 6.07) is 5.84. The number of rotatable bonds is 9. The molecule has 10 heteroatoms. The van der Waals surface area contributed by atoms with Crippen LogP contribution in [-0.2, 0) is 17.5 Å². The standard InChI is InChI=1S/C24H27F4N3O3/c1-13(2)22(12-32-4)34-21-9-18-19(10-20(21)33-5)30-14(3)31-23(18)29-11-15-6-16(24(26,27)28)8-17(25)7-15/h6-10,13,22H,11-12H2,1-5H3,(H,29,30,31). The number of benzene rings is 2. The Morgan fingerprint density at radius 3 is 2.35 bits per heavy atom. The Labute approximate surface area is 195 Å². The molecule has 1 atom stereocenters. The SMILES string of the molecule is COCC(Oc1cc2c(NCc3cc(F)cc(C(F)(F)F)c3)nc(C)nc2cc1OC)C(C)C. The summed E-state index contributed by atoms with van der Waals surface area (Å²) in [5, 5.41) is 3.59. The largest absolute Gasteiger partial charge is 0.493 e. The van der Waals surface area contributed by atoms with E-state index in [0.29, 0.717) is 46.7 Å². The minimum atomic E-state index is -4.65. The smallest absolute Gasteiger partial charge is 0.416 e. The summed E-state index contributed by atoms with van der Waals surface area (Å²) < 4.78 is 69.9. The summed E-state index contributed by atoms with van der Waals surface area (Å²) in [6.07, 6.45) is -4.89. The minimum absolute atomic E-state index is 0.0765. The number of nitrogens with zero attached hydrogens (tertiary/aromatic N) is 2. The van der Waals surface area contributed by atoms with Crippen molar-refractivity contribution >= 4 is 16.7 Å². The van der Waals surface area contributed by atoms with Gasteiger partial charge in [-0.25, -0.2) is 14.4 Å². The lowest BCUT2D eigenvalue weighted by Crippen LogP contribution is -2.28. The zero-order valence-electron chi connectivity index (χ0n) is 19.6. The van der Waals surface area contributed by atoms with Crippen LogP contribution in [0.4, 0.5) is 23.4 Å². The van der Waals surface area contributed by atoms with E-state index in [2.05, 4.69) is 15.3 Å². The van der Waals surface area contributed by atoms with Crippen LogP contribution in [0.25, 0.3) is 10.9 Å². The second-order valence-corrected chi connectivity index (χ2v) is 8.19. The summed E-state index contributed by atoms with van der Waals surface area (Å²) in [7, 11) is 3.11. The highest BCUT2D eigenvalue weighted by atomic mass is 19.4. The molecule has 0 bridgehead atoms. The highest BCUT2D eigenvalue weighted by Gasteiger charge is 2.31. The van der Waals surface area contributed by atoms with Crippen LogP contribution in [0.1, 0.15) is 30.8 Å². The van der Waals surface area contributed by atoms with Crippen LogP contribution in [0.3, 0.4) is 0 Å². The van der Waals surface area contributed by atoms with Gasteiger partial charge in [0.1, 0.15) is 23.6 Å². The fraction of sp³-hybridized carbons (Fsp3) is 0.417. The van der Waals surface area contributed by atoms with Crippen LogP contribution >= 0.6 is 0 Å². The van der Waals surface area contributed by atoms with Gasteiger partial charge in [-0.2, -0.15) is 13.2 Å². The summed E-state index contributed by atoms with van der Waals surface area (Å²) in [5.41, 5.74) is -0.365. The molecule has 0 aliphatic carbocycles. The second-order valence-electron chi connectivity index (χ2n) is 8.19. The molecule has 0 saturated carbocycles. The molecule has 3 rings (SSSR count). The van der Waals surface area contributed by atoms with Crippen LogP contribution in [0.2, 0.25) is 0 Å². The molecule has 0 radical (unpaired) electrons. The normalized spacial score (nSPS) is 12.8. The van der Waals surface area contributed by atoms with E-state index in [1.54, 1.807) is 26.2 Å². The molecule has 1 N–H and O–H groups in total. The lowest BCUT2D eigenvalue weighted by atomic mass is 10.1. The van der Waals surface area contributed by atoms with Crippen molar-refractivity contribution in [2.45, 2.75) is 39.6 Å². The molecule has 184 valence electrons. The van der Waals surface area contributed by atoms with Crippen molar-refractivity contribution in [3.05, 3.63) is 53.1 Å². The first-order chi connectivity index (χ1) is 16.0. The van der Waals surface area contributed by atoms with E-state index in [-0.39, 0.29) is 24.1 Å². The first-order valence-corrected chi connectivity index (χ1v) is 10.6. The van der Waals surface area contributed by atoms with Gasteiger partial charge in [0.25, 0.3) is 0 Å². The Kier molecular flexibility index (Phi) is 7.81. The molecule has 0 saturated heterocycles. The van der Waals surface area contributed by atoms with Crippen molar-refractivity contribution in [1.29, 1.82) is 0 Å². The number of halogens is 4. The maximum atomic E-state index is 13.8. The van der Waals surface area contributed by atoms with Crippen molar-refractivity contribution in [2.24, 2.45) is 5.92 Å². The molecule has 0 fully saturated rings. The summed E-state index contributed by atoms with van der Waals surface area (Å²) >= 11 is 0. The molecule has 1 unspecified atom stereocenters. The summed E-state index contributed by atoms with van der Waals surface area (Å²) in [4.78, 5) is 8.83. The average molecular weight is 481 g/mol. The Balaban J connectivity index is 1.98. The van der Waals surface area contributed by atoms with Crippen molar-refractivity contribution in [3.63, 3.8) is 0 Å². The van der Waals surface area contributed by atoms with Gasteiger partial charge in [0.2, 0.25) is 0 Å². The summed E-state index contributed by atoms with van der Waals surface area (Å²) in [6.45, 7) is 6.00. The fourth-order valence-corrected chi connectivity index (χ4v) is 3.43. The first-order valence-electron chi connectivity index (χ1n) is 10.6. The Morgan fingerprint density at radius 2 is 1.74 bits per heavy atom. The molecular weight excluding hydrogens is 454 g/mol. The highest BCUT2D eigenvalue weighted by molar-refractivity contribution is 5.91. The van der Waals surface area contributed by atoms with Crippen LogP contribution in [0.15, 0.2) is 30.3 Å². The highest BCUT2D eigenvalue weighted by Crippen LogP contribution is 2.36. The third-order valence-electron chi connectivity index (χ3n) is 5.19. The third kappa shape index (κ3) is 6.05. The van der Waals surface area contributed by atoms with Crippen molar-refractivity contribution < 1.29 is 31.8 Å². The van der Waals surface area contributed by atoms with E-state index >= 15 is 0 Å². The van der Waals surface area contributed by atoms with Gasteiger partial charge >= 0.3 is 6.18 Å². The Bertz CT molecular complexity index is 1150. The topological polar surface area (TPSA) is 65.5 Å². The predicted octanol–water partition coefficient (Wildman–Crippen LogP) is 5.77. The number of aryl methyl sites for hydroxylation is 1. The van der Waals surface area contributed by atoms with Gasteiger partial charge in [0.05, 0.1) is 24.8 Å². The van der Waals surface area contributed by atoms with E-state index in [4.69, 9.17) is 14.2 Å². The van der Waals surface area contributed by atoms with Crippen LogP contribution < -0.4 is 14.8 Å². The van der Waals surface area contributed by atoms with E-state index in [1.807, 2.05) is 13.8 Å². The zero-order chi connectivity index (χ0) is 25.0. The number of hydrogen-bond acceptors (Lipinski definition) is 6. The molecule has 2 aromatic carbocycles. The maximum Gasteiger partial charge on any atom is 0.416 e. The molecule has 0 aliphatic rings. The number of ether oxygens (including phenoxy) is 3. The predicted molar refractivity (Wildman–Crippen MR) is 121 cm³/mol. The van der Waals surface area contributed by atoms with Crippen molar-refractivity contribution in [2.75, 3.05) is 26.1 Å². The van der Waals surface area contributed by atoms with Crippen LogP contribution in [0.5, 0.6) is 11.5 Å². The molecule has 0 aliphatic heterocycles. The maximum absolute atomic E-state index is 13.8. The molecule has 1 heterocycles. The zero-order valence-corrected chi connectivity index (χ0v) is 19.6. The number of anilines is 1. The van der Waals surface area contributed by atoms with Crippen molar-refractivity contribution in [1.82, 2.24) is 9.97 Å². The molecule has 0 amide bonds. The number of nitrogens with one attached hydrogen (secondary N) is 1. The van der Waals surface area contributed by atoms with E-state index < -0.39 is 17.6 Å². The number of alkyl halides is 3. The lowest BCUT2D eigenvalue weighted by Gasteiger charge is -2.23. The molecule has 34 heavy (non-hydrogen) atoms. The second kappa shape index (κ2) is 10.4. The quantitative estimate of drug-likeness (QED) is 0.392. The minimum Gasteiger partial charge on any atom is -0.493 e. The van der Waals surface area contributed by atoms with Crippen LogP contribution in [-0.4, -0.2) is 36.9 Å². The lowest BCUT2D eigenvalue weighted by molar-refractivity contribution is -0.137. The number of fused-ring (bicyclic) bond motifs is 1. The number of methoxy groups -OCH3 is 2. The fourth-order valence-electron chi connectivity index (χ4n) is 3.43. The third-order valence-corrected chi connectivity index (χ3v) is 5.19. The number of hydrogen-bond donors (Lipinski definition) is 1. The monoisotopic (exact) mass is 481 g/mol. The van der Waals surface area contributed by atoms with Gasteiger partial charge < -0.3 is 19.5 Å². The van der Waals surface area contributed by atoms with Gasteiger partial charge in [-0.3, -0.25) is 0 Å². The van der Waals surface area contributed by atoms with Gasteiger partial charge in [-0.1, -0.05) is 13.8 Å². The molecule has 0 spiro atoms. The van der Waals surface area contributed by atoms with Gasteiger partial charge in [0.15, 0.2) is 11.5 Å². The summed E-state index contributed by atoms with van der Waals surface area (Å²) in [5.74, 6) is 0.933. The van der Waals surface area contributed by atoms with Crippen molar-refractivity contribution in [3.8, 4) is 11.5 Å². The van der Waals surface area contributed by atoms with E-state index in [9.17, 15) is 17.6 Å². The van der Waals surface area contributed by atoms with Gasteiger partial charge in [-0.05, 0) is 42.7 Å². The van der Waals surface area contributed by atoms with E-state index in [0.717, 1.165) is 12.1 Å². The first kappa shape index (κ1) is 25.5. The van der Waals surface area contributed by atoms with Gasteiger partial charge in [0, 0.05) is 25.1 Å². The Morgan fingerprint density at radius 1 is 1.00 bits per heavy atom. The number of aromatic nitrogens is 2. The van der Waals surface area contributed by atoms with E-state index in [1.165, 1.54) is 7.11 Å². The van der Waals surface area contributed by atoms with Crippen LogP contribution in [0, 0.1) is 18.7 Å². The molecular formula is C24H27F4N3O3. The molecule has 3 aromatic rings. The Hall–Kier alpha value is -3.14. The average Bonchev–Trinajstić information content (AvgIpc) is 2.75.